The van der Waals surface area contributed by atoms with Gasteiger partial charge in [0.15, 0.2) is 0 Å². The van der Waals surface area contributed by atoms with Gasteiger partial charge in [-0.1, -0.05) is 0 Å². The van der Waals surface area contributed by atoms with Gasteiger partial charge in [-0.05, 0) is 49.6 Å². The van der Waals surface area contributed by atoms with Crippen LogP contribution in [0.4, 0.5) is 0 Å². The van der Waals surface area contributed by atoms with Gasteiger partial charge >= 0.3 is 0 Å². The van der Waals surface area contributed by atoms with Gasteiger partial charge < -0.3 is 10.2 Å². The van der Waals surface area contributed by atoms with Gasteiger partial charge in [0.1, 0.15) is 0 Å². The van der Waals surface area contributed by atoms with E-state index in [9.17, 15) is 18.6 Å². The van der Waals surface area contributed by atoms with Crippen molar-refractivity contribution in [2.45, 2.75) is 29.8 Å². The lowest BCUT2D eigenvalue weighted by Crippen LogP contribution is -2.36. The van der Waals surface area contributed by atoms with Crippen LogP contribution in [-0.4, -0.2) is 58.0 Å². The third-order valence-corrected chi connectivity index (χ3v) is 6.33. The van der Waals surface area contributed by atoms with Gasteiger partial charge in [0.25, 0.3) is 0 Å². The van der Waals surface area contributed by atoms with Gasteiger partial charge in [-0.25, -0.2) is 13.1 Å². The summed E-state index contributed by atoms with van der Waals surface area (Å²) in [6.07, 6.45) is 4.59. The fourth-order valence-electron chi connectivity index (χ4n) is 2.89. The molecule has 1 aromatic carbocycles. The number of sulfonamides is 1. The Morgan fingerprint density at radius 1 is 1.17 bits per heavy atom. The average Bonchev–Trinajstić information content (AvgIpc) is 3.05. The van der Waals surface area contributed by atoms with Crippen LogP contribution in [0.5, 0.6) is 0 Å². The molecule has 0 saturated carbocycles. The van der Waals surface area contributed by atoms with E-state index in [4.69, 9.17) is 0 Å². The number of hydrogen-bond donors (Lipinski definition) is 2. The number of aromatic nitrogens is 2. The van der Waals surface area contributed by atoms with Crippen molar-refractivity contribution in [3.8, 4) is 5.69 Å². The summed E-state index contributed by atoms with van der Waals surface area (Å²) in [5.41, 5.74) is -0.404. The molecule has 1 atom stereocenters. The first kappa shape index (κ1) is 17.1. The number of aliphatic hydroxyl groups excluding tert-OH is 1. The van der Waals surface area contributed by atoms with E-state index in [1.54, 1.807) is 47.4 Å². The Labute approximate surface area is 141 Å². The van der Waals surface area contributed by atoms with E-state index in [2.05, 4.69) is 5.10 Å². The lowest BCUT2D eigenvalue weighted by Gasteiger charge is -2.24. The molecule has 2 heterocycles. The Kier molecular flexibility index (Phi) is 4.73. The summed E-state index contributed by atoms with van der Waals surface area (Å²) in [5, 5.41) is 23.6. The second kappa shape index (κ2) is 6.64. The standard InChI is InChI=1S/C16H21N3O4S/c20-13-16(21)7-1-10-18(12-8-16)24(22,23)15-5-3-14(4-6-15)19-11-2-9-17-19/h2-6,9,11,20-21H,1,7-8,10,12-13H2/t16-/m1/s1. The number of rotatable bonds is 4. The van der Waals surface area contributed by atoms with E-state index in [1.807, 2.05) is 0 Å². The summed E-state index contributed by atoms with van der Waals surface area (Å²) >= 11 is 0. The highest BCUT2D eigenvalue weighted by Crippen LogP contribution is 2.26. The normalized spacial score (nSPS) is 23.1. The first-order valence-electron chi connectivity index (χ1n) is 7.88. The van der Waals surface area contributed by atoms with Crippen molar-refractivity contribution in [1.29, 1.82) is 0 Å². The topological polar surface area (TPSA) is 95.7 Å². The van der Waals surface area contributed by atoms with Crippen molar-refractivity contribution < 1.29 is 18.6 Å². The number of nitrogens with zero attached hydrogens (tertiary/aromatic N) is 3. The Hall–Kier alpha value is -1.74. The van der Waals surface area contributed by atoms with Gasteiger partial charge in [-0.15, -0.1) is 0 Å². The zero-order valence-corrected chi connectivity index (χ0v) is 14.1. The fourth-order valence-corrected chi connectivity index (χ4v) is 4.37. The Balaban J connectivity index is 1.80. The molecule has 130 valence electrons. The van der Waals surface area contributed by atoms with Gasteiger partial charge in [0.05, 0.1) is 22.8 Å². The Bertz CT molecular complexity index is 774. The average molecular weight is 351 g/mol. The molecule has 2 N–H and O–H groups in total. The van der Waals surface area contributed by atoms with E-state index >= 15 is 0 Å². The predicted octanol–water partition coefficient (Wildman–Crippen LogP) is 0.770. The molecular weight excluding hydrogens is 330 g/mol. The van der Waals surface area contributed by atoms with Gasteiger partial charge in [0.2, 0.25) is 10.0 Å². The smallest absolute Gasteiger partial charge is 0.243 e. The molecule has 8 heteroatoms. The molecule has 7 nitrogen and oxygen atoms in total. The van der Waals surface area contributed by atoms with Gasteiger partial charge in [-0.2, -0.15) is 9.40 Å². The molecule has 0 bridgehead atoms. The molecule has 1 saturated heterocycles. The number of aliphatic hydroxyl groups is 2. The van der Waals surface area contributed by atoms with Crippen LogP contribution in [0.3, 0.4) is 0 Å². The first-order valence-corrected chi connectivity index (χ1v) is 9.32. The van der Waals surface area contributed by atoms with Gasteiger partial charge in [0, 0.05) is 25.5 Å². The first-order chi connectivity index (χ1) is 11.4. The van der Waals surface area contributed by atoms with Crippen LogP contribution in [0.15, 0.2) is 47.6 Å². The fraction of sp³-hybridized carbons (Fsp3) is 0.438. The third kappa shape index (κ3) is 3.36. The zero-order valence-electron chi connectivity index (χ0n) is 13.2. The maximum absolute atomic E-state index is 12.8. The van der Waals surface area contributed by atoms with Crippen molar-refractivity contribution in [3.05, 3.63) is 42.7 Å². The predicted molar refractivity (Wildman–Crippen MR) is 88.2 cm³/mol. The van der Waals surface area contributed by atoms with Crippen molar-refractivity contribution >= 4 is 10.0 Å². The molecule has 1 fully saturated rings. The van der Waals surface area contributed by atoms with Crippen molar-refractivity contribution in [2.75, 3.05) is 19.7 Å². The highest BCUT2D eigenvalue weighted by molar-refractivity contribution is 7.89. The molecule has 1 aliphatic heterocycles. The molecule has 0 unspecified atom stereocenters. The van der Waals surface area contributed by atoms with E-state index in [0.29, 0.717) is 19.4 Å². The molecule has 0 amide bonds. The molecule has 2 aromatic rings. The molecular formula is C16H21N3O4S. The lowest BCUT2D eigenvalue weighted by molar-refractivity contribution is -0.0244. The second-order valence-corrected chi connectivity index (χ2v) is 8.02. The Morgan fingerprint density at radius 2 is 1.92 bits per heavy atom. The summed E-state index contributed by atoms with van der Waals surface area (Å²) in [5.74, 6) is 0. The summed E-state index contributed by atoms with van der Waals surface area (Å²) < 4.78 is 28.6. The summed E-state index contributed by atoms with van der Waals surface area (Å²) in [7, 11) is -3.62. The summed E-state index contributed by atoms with van der Waals surface area (Å²) in [6, 6.07) is 8.35. The maximum Gasteiger partial charge on any atom is 0.243 e. The molecule has 0 spiro atoms. The maximum atomic E-state index is 12.8. The minimum atomic E-state index is -3.62. The quantitative estimate of drug-likeness (QED) is 0.848. The van der Waals surface area contributed by atoms with Crippen LogP contribution in [0.1, 0.15) is 19.3 Å². The monoisotopic (exact) mass is 351 g/mol. The molecule has 0 radical (unpaired) electrons. The Morgan fingerprint density at radius 3 is 2.54 bits per heavy atom. The number of hydrogen-bond acceptors (Lipinski definition) is 5. The van der Waals surface area contributed by atoms with Crippen molar-refractivity contribution in [2.24, 2.45) is 0 Å². The van der Waals surface area contributed by atoms with E-state index in [1.165, 1.54) is 4.31 Å². The summed E-state index contributed by atoms with van der Waals surface area (Å²) in [4.78, 5) is 0.216. The van der Waals surface area contributed by atoms with Crippen LogP contribution in [0.2, 0.25) is 0 Å². The van der Waals surface area contributed by atoms with E-state index < -0.39 is 15.6 Å². The van der Waals surface area contributed by atoms with Crippen LogP contribution < -0.4 is 0 Å². The van der Waals surface area contributed by atoms with Crippen LogP contribution in [-0.2, 0) is 10.0 Å². The SMILES string of the molecule is O=S(=O)(c1ccc(-n2cccn2)cc1)N1CCC[C@](O)(CO)CC1. The zero-order chi connectivity index (χ0) is 17.2. The van der Waals surface area contributed by atoms with Crippen molar-refractivity contribution in [3.63, 3.8) is 0 Å². The van der Waals surface area contributed by atoms with Crippen LogP contribution >= 0.6 is 0 Å². The molecule has 24 heavy (non-hydrogen) atoms. The molecule has 3 rings (SSSR count). The molecule has 0 aliphatic carbocycles. The van der Waals surface area contributed by atoms with Crippen LogP contribution in [0, 0.1) is 0 Å². The van der Waals surface area contributed by atoms with E-state index in [-0.39, 0.29) is 24.5 Å². The molecule has 1 aliphatic rings. The van der Waals surface area contributed by atoms with Gasteiger partial charge in [-0.3, -0.25) is 0 Å². The highest BCUT2D eigenvalue weighted by atomic mass is 32.2. The highest BCUT2D eigenvalue weighted by Gasteiger charge is 2.34. The largest absolute Gasteiger partial charge is 0.393 e. The van der Waals surface area contributed by atoms with E-state index in [0.717, 1.165) is 5.69 Å². The minimum absolute atomic E-state index is 0.195. The van der Waals surface area contributed by atoms with Crippen molar-refractivity contribution in [1.82, 2.24) is 14.1 Å². The minimum Gasteiger partial charge on any atom is -0.393 e. The van der Waals surface area contributed by atoms with Crippen LogP contribution in [0.25, 0.3) is 5.69 Å². The molecule has 1 aromatic heterocycles. The lowest BCUT2D eigenvalue weighted by atomic mass is 9.96. The second-order valence-electron chi connectivity index (χ2n) is 6.08. The summed E-state index contributed by atoms with van der Waals surface area (Å²) in [6.45, 7) is 0.186. The number of benzene rings is 1. The third-order valence-electron chi connectivity index (χ3n) is 4.41.